The molecule has 1 N–H and O–H groups in total. The van der Waals surface area contributed by atoms with Crippen molar-refractivity contribution in [3.63, 3.8) is 0 Å². The number of hydrogen-bond acceptors (Lipinski definition) is 2. The summed E-state index contributed by atoms with van der Waals surface area (Å²) in [7, 11) is 0. The Bertz CT molecular complexity index is 485. The van der Waals surface area contributed by atoms with Gasteiger partial charge in [0.2, 0.25) is 0 Å². The second-order valence-electron chi connectivity index (χ2n) is 3.38. The fraction of sp³-hybridized carbons (Fsp3) is 0.0769. The molecule has 0 heterocycles. The Labute approximate surface area is 104 Å². The fourth-order valence-electron chi connectivity index (χ4n) is 1.35. The van der Waals surface area contributed by atoms with E-state index in [4.69, 9.17) is 11.6 Å². The Morgan fingerprint density at radius 3 is 2.62 bits per heavy atom. The van der Waals surface area contributed by atoms with E-state index in [1.807, 2.05) is 36.4 Å². The summed E-state index contributed by atoms with van der Waals surface area (Å²) in [4.78, 5) is 1.04. The van der Waals surface area contributed by atoms with E-state index in [0.717, 1.165) is 21.2 Å². The van der Waals surface area contributed by atoms with E-state index in [0.29, 0.717) is 5.75 Å². The van der Waals surface area contributed by atoms with Crippen LogP contribution in [0.4, 0.5) is 0 Å². The van der Waals surface area contributed by atoms with Crippen LogP contribution in [0.2, 0.25) is 5.02 Å². The molecule has 3 heteroatoms. The number of phenolic OH excluding ortho intramolecular Hbond substituents is 1. The Balaban J connectivity index is 2.05. The molecule has 0 fully saturated rings. The molecule has 1 nitrogen and oxygen atoms in total. The van der Waals surface area contributed by atoms with E-state index in [9.17, 15) is 5.11 Å². The zero-order valence-electron chi connectivity index (χ0n) is 8.56. The molecule has 2 aromatic carbocycles. The van der Waals surface area contributed by atoms with Gasteiger partial charge in [0.15, 0.2) is 0 Å². The molecule has 2 rings (SSSR count). The van der Waals surface area contributed by atoms with E-state index < -0.39 is 0 Å². The normalized spacial score (nSPS) is 10.3. The van der Waals surface area contributed by atoms with E-state index >= 15 is 0 Å². The van der Waals surface area contributed by atoms with Gasteiger partial charge in [-0.1, -0.05) is 35.9 Å². The first-order chi connectivity index (χ1) is 7.75. The van der Waals surface area contributed by atoms with Crippen LogP contribution in [0.25, 0.3) is 0 Å². The number of aromatic hydroxyl groups is 1. The summed E-state index contributed by atoms with van der Waals surface area (Å²) >= 11 is 7.72. The Morgan fingerprint density at radius 2 is 1.88 bits per heavy atom. The van der Waals surface area contributed by atoms with Crippen LogP contribution in [-0.4, -0.2) is 5.11 Å². The first kappa shape index (κ1) is 11.4. The molecule has 0 aliphatic rings. The Morgan fingerprint density at radius 1 is 1.06 bits per heavy atom. The van der Waals surface area contributed by atoms with Crippen LogP contribution >= 0.6 is 23.4 Å². The molecule has 0 aromatic heterocycles. The number of halogens is 1. The molecule has 0 atom stereocenters. The maximum atomic E-state index is 9.33. The topological polar surface area (TPSA) is 20.2 Å². The molecule has 0 bridgehead atoms. The quantitative estimate of drug-likeness (QED) is 0.818. The van der Waals surface area contributed by atoms with Gasteiger partial charge in [0.25, 0.3) is 0 Å². The minimum absolute atomic E-state index is 0.296. The van der Waals surface area contributed by atoms with Crippen molar-refractivity contribution in [3.05, 3.63) is 59.1 Å². The van der Waals surface area contributed by atoms with Crippen LogP contribution in [0, 0.1) is 0 Å². The highest BCUT2D eigenvalue weighted by molar-refractivity contribution is 7.98. The molecule has 0 spiro atoms. The summed E-state index contributed by atoms with van der Waals surface area (Å²) < 4.78 is 0. The zero-order chi connectivity index (χ0) is 11.4. The summed E-state index contributed by atoms with van der Waals surface area (Å²) in [6, 6.07) is 15.0. The van der Waals surface area contributed by atoms with Gasteiger partial charge in [0, 0.05) is 15.7 Å². The Hall–Kier alpha value is -1.12. The highest BCUT2D eigenvalue weighted by Crippen LogP contribution is 2.28. The Kier molecular flexibility index (Phi) is 3.75. The maximum absolute atomic E-state index is 9.33. The third-order valence-electron chi connectivity index (χ3n) is 2.17. The van der Waals surface area contributed by atoms with E-state index in [1.165, 1.54) is 0 Å². The second-order valence-corrected chi connectivity index (χ2v) is 4.83. The summed E-state index contributed by atoms with van der Waals surface area (Å²) in [5.74, 6) is 1.10. The minimum Gasteiger partial charge on any atom is -0.508 e. The average Bonchev–Trinajstić information content (AvgIpc) is 2.28. The number of thioether (sulfide) groups is 1. The number of phenols is 1. The van der Waals surface area contributed by atoms with Crippen molar-refractivity contribution >= 4 is 23.4 Å². The van der Waals surface area contributed by atoms with Gasteiger partial charge in [-0.25, -0.2) is 0 Å². The van der Waals surface area contributed by atoms with E-state index in [-0.39, 0.29) is 0 Å². The van der Waals surface area contributed by atoms with Crippen LogP contribution in [0.3, 0.4) is 0 Å². The highest BCUT2D eigenvalue weighted by atomic mass is 35.5. The van der Waals surface area contributed by atoms with E-state index in [2.05, 4.69) is 0 Å². The lowest BCUT2D eigenvalue weighted by Gasteiger charge is -2.04. The average molecular weight is 251 g/mol. The van der Waals surface area contributed by atoms with Gasteiger partial charge in [0.1, 0.15) is 5.75 Å². The fourth-order valence-corrected chi connectivity index (χ4v) is 2.58. The molecule has 0 saturated heterocycles. The molecule has 16 heavy (non-hydrogen) atoms. The van der Waals surface area contributed by atoms with Crippen LogP contribution in [0.5, 0.6) is 5.75 Å². The van der Waals surface area contributed by atoms with Crippen molar-refractivity contribution in [1.29, 1.82) is 0 Å². The molecule has 0 unspecified atom stereocenters. The lowest BCUT2D eigenvalue weighted by molar-refractivity contribution is 0.474. The first-order valence-corrected chi connectivity index (χ1v) is 6.27. The largest absolute Gasteiger partial charge is 0.508 e. The smallest absolute Gasteiger partial charge is 0.116 e. The zero-order valence-corrected chi connectivity index (χ0v) is 10.1. The van der Waals surface area contributed by atoms with Crippen molar-refractivity contribution in [2.45, 2.75) is 10.6 Å². The van der Waals surface area contributed by atoms with Gasteiger partial charge in [-0.05, 0) is 29.8 Å². The summed E-state index contributed by atoms with van der Waals surface area (Å²) in [5.41, 5.74) is 1.11. The number of hydrogen-bond donors (Lipinski definition) is 1. The van der Waals surface area contributed by atoms with Gasteiger partial charge in [-0.15, -0.1) is 11.8 Å². The molecule has 0 amide bonds. The standard InChI is InChI=1S/C13H11ClOS/c14-13-7-2-1-4-10(13)9-16-12-6-3-5-11(15)8-12/h1-8,15H,9H2. The monoisotopic (exact) mass is 250 g/mol. The number of rotatable bonds is 3. The third-order valence-corrected chi connectivity index (χ3v) is 3.58. The van der Waals surface area contributed by atoms with Crippen LogP contribution in [-0.2, 0) is 5.75 Å². The van der Waals surface area contributed by atoms with Gasteiger partial charge in [0.05, 0.1) is 0 Å². The van der Waals surface area contributed by atoms with Crippen molar-refractivity contribution in [3.8, 4) is 5.75 Å². The summed E-state index contributed by atoms with van der Waals surface area (Å²) in [6.07, 6.45) is 0. The maximum Gasteiger partial charge on any atom is 0.116 e. The lowest BCUT2D eigenvalue weighted by Crippen LogP contribution is -1.81. The molecular weight excluding hydrogens is 240 g/mol. The van der Waals surface area contributed by atoms with Gasteiger partial charge in [-0.3, -0.25) is 0 Å². The van der Waals surface area contributed by atoms with Crippen molar-refractivity contribution in [2.24, 2.45) is 0 Å². The minimum atomic E-state index is 0.296. The predicted octanol–water partition coefficient (Wildman–Crippen LogP) is 4.34. The highest BCUT2D eigenvalue weighted by Gasteiger charge is 2.00. The molecule has 2 aromatic rings. The summed E-state index contributed by atoms with van der Waals surface area (Å²) in [6.45, 7) is 0. The van der Waals surface area contributed by atoms with Crippen LogP contribution in [0.1, 0.15) is 5.56 Å². The van der Waals surface area contributed by atoms with Gasteiger partial charge < -0.3 is 5.11 Å². The molecular formula is C13H11ClOS. The van der Waals surface area contributed by atoms with Gasteiger partial charge >= 0.3 is 0 Å². The van der Waals surface area contributed by atoms with Crippen molar-refractivity contribution in [2.75, 3.05) is 0 Å². The van der Waals surface area contributed by atoms with Crippen LogP contribution < -0.4 is 0 Å². The first-order valence-electron chi connectivity index (χ1n) is 4.91. The SMILES string of the molecule is Oc1cccc(SCc2ccccc2Cl)c1. The van der Waals surface area contributed by atoms with Gasteiger partial charge in [-0.2, -0.15) is 0 Å². The van der Waals surface area contributed by atoms with Crippen molar-refractivity contribution in [1.82, 2.24) is 0 Å². The van der Waals surface area contributed by atoms with Crippen LogP contribution in [0.15, 0.2) is 53.4 Å². The predicted molar refractivity (Wildman–Crippen MR) is 69.1 cm³/mol. The van der Waals surface area contributed by atoms with Crippen molar-refractivity contribution < 1.29 is 5.11 Å². The molecule has 0 radical (unpaired) electrons. The second kappa shape index (κ2) is 5.28. The van der Waals surface area contributed by atoms with E-state index in [1.54, 1.807) is 23.9 Å². The number of benzene rings is 2. The molecule has 82 valence electrons. The summed E-state index contributed by atoms with van der Waals surface area (Å²) in [5, 5.41) is 10.1. The third kappa shape index (κ3) is 2.94. The molecule has 0 aliphatic carbocycles. The molecule has 0 aliphatic heterocycles. The lowest BCUT2D eigenvalue weighted by atomic mass is 10.2. The molecule has 0 saturated carbocycles.